The molecule has 3 heterocycles. The zero-order valence-corrected chi connectivity index (χ0v) is 18.6. The molecule has 0 spiro atoms. The van der Waals surface area contributed by atoms with Crippen LogP contribution in [0.25, 0.3) is 22.0 Å². The predicted molar refractivity (Wildman–Crippen MR) is 115 cm³/mol. The van der Waals surface area contributed by atoms with Crippen molar-refractivity contribution >= 4 is 34.5 Å². The highest BCUT2D eigenvalue weighted by Gasteiger charge is 2.30. The summed E-state index contributed by atoms with van der Waals surface area (Å²) >= 11 is 2.83. The van der Waals surface area contributed by atoms with Crippen molar-refractivity contribution in [3.05, 3.63) is 62.6 Å². The minimum absolute atomic E-state index is 0.0671. The molecule has 2 amide bonds. The van der Waals surface area contributed by atoms with Gasteiger partial charge in [0.1, 0.15) is 16.5 Å². The Bertz CT molecular complexity index is 1330. The number of aromatic nitrogens is 3. The fraction of sp³-hybridized carbons (Fsp3) is 0.150. The molecule has 0 aliphatic carbocycles. The highest BCUT2D eigenvalue weighted by molar-refractivity contribution is 7.14. The van der Waals surface area contributed by atoms with Crippen LogP contribution in [0.3, 0.4) is 0 Å². The Balaban J connectivity index is 1.48. The third kappa shape index (κ3) is 4.78. The van der Waals surface area contributed by atoms with Crippen LogP contribution in [0.4, 0.5) is 13.2 Å². The average Bonchev–Trinajstić information content (AvgIpc) is 3.50. The van der Waals surface area contributed by atoms with Crippen molar-refractivity contribution in [3.63, 3.8) is 0 Å². The number of nitrogens with one attached hydrogen (secondary N) is 2. The van der Waals surface area contributed by atoms with Crippen molar-refractivity contribution in [1.82, 2.24) is 26.0 Å². The molecule has 33 heavy (non-hydrogen) atoms. The van der Waals surface area contributed by atoms with Crippen LogP contribution in [-0.2, 0) is 6.18 Å². The van der Waals surface area contributed by atoms with E-state index in [1.54, 1.807) is 12.3 Å². The number of hydrogen-bond donors (Lipinski definition) is 2. The van der Waals surface area contributed by atoms with Crippen LogP contribution >= 0.6 is 22.7 Å². The number of carbonyl (C=O) groups is 2. The molecule has 0 bridgehead atoms. The van der Waals surface area contributed by atoms with Gasteiger partial charge in [-0.05, 0) is 38.1 Å². The van der Waals surface area contributed by atoms with Crippen LogP contribution in [-0.4, -0.2) is 26.9 Å². The first kappa shape index (κ1) is 22.6. The van der Waals surface area contributed by atoms with Gasteiger partial charge in [0.2, 0.25) is 0 Å². The summed E-state index contributed by atoms with van der Waals surface area (Å²) in [6.07, 6.45) is -4.52. The third-order valence-electron chi connectivity index (χ3n) is 4.44. The summed E-state index contributed by atoms with van der Waals surface area (Å²) in [4.78, 5) is 33.7. The molecular formula is C20H14F3N5O3S2. The van der Waals surface area contributed by atoms with E-state index in [9.17, 15) is 22.8 Å². The maximum Gasteiger partial charge on any atom is 0.416 e. The van der Waals surface area contributed by atoms with Gasteiger partial charge in [-0.2, -0.15) is 13.2 Å². The van der Waals surface area contributed by atoms with Crippen LogP contribution in [0, 0.1) is 13.8 Å². The highest BCUT2D eigenvalue weighted by atomic mass is 32.1. The molecule has 0 saturated heterocycles. The number of benzene rings is 1. The number of halogens is 3. The zero-order chi connectivity index (χ0) is 23.8. The molecule has 0 unspecified atom stereocenters. The number of aryl methyl sites for hydroxylation is 2. The van der Waals surface area contributed by atoms with Gasteiger partial charge in [-0.3, -0.25) is 20.4 Å². The Morgan fingerprint density at radius 1 is 0.939 bits per heavy atom. The molecule has 0 fully saturated rings. The summed E-state index contributed by atoms with van der Waals surface area (Å²) in [5.74, 6) is -1.23. The molecule has 170 valence electrons. The summed E-state index contributed by atoms with van der Waals surface area (Å²) in [5, 5.41) is 8.93. The van der Waals surface area contributed by atoms with E-state index in [0.717, 1.165) is 35.0 Å². The van der Waals surface area contributed by atoms with Gasteiger partial charge in [-0.15, -0.1) is 22.7 Å². The maximum atomic E-state index is 12.7. The molecule has 0 aliphatic rings. The molecule has 4 aromatic rings. The number of hydrogen-bond acceptors (Lipinski definition) is 8. The summed E-state index contributed by atoms with van der Waals surface area (Å²) < 4.78 is 43.1. The van der Waals surface area contributed by atoms with Gasteiger partial charge in [0.15, 0.2) is 5.69 Å². The second-order valence-corrected chi connectivity index (χ2v) is 8.66. The monoisotopic (exact) mass is 493 g/mol. The van der Waals surface area contributed by atoms with Gasteiger partial charge in [0, 0.05) is 16.3 Å². The molecule has 0 radical (unpaired) electrons. The van der Waals surface area contributed by atoms with Gasteiger partial charge in [-0.1, -0.05) is 5.16 Å². The number of nitrogens with zero attached hydrogens (tertiary/aromatic N) is 3. The lowest BCUT2D eigenvalue weighted by Crippen LogP contribution is -2.42. The number of alkyl halides is 3. The fourth-order valence-electron chi connectivity index (χ4n) is 2.85. The van der Waals surface area contributed by atoms with E-state index in [0.29, 0.717) is 22.0 Å². The molecule has 0 aliphatic heterocycles. The van der Waals surface area contributed by atoms with Crippen LogP contribution in [0.15, 0.2) is 39.5 Å². The van der Waals surface area contributed by atoms with Crippen LogP contribution in [0.2, 0.25) is 0 Å². The Morgan fingerprint density at radius 3 is 2.24 bits per heavy atom. The van der Waals surface area contributed by atoms with Crippen LogP contribution in [0.1, 0.15) is 37.2 Å². The average molecular weight is 493 g/mol. The van der Waals surface area contributed by atoms with E-state index >= 15 is 0 Å². The largest absolute Gasteiger partial charge is 0.416 e. The molecule has 0 saturated carbocycles. The van der Waals surface area contributed by atoms with E-state index in [2.05, 4.69) is 26.0 Å². The zero-order valence-electron chi connectivity index (χ0n) is 17.0. The first-order valence-electron chi connectivity index (χ1n) is 9.26. The quantitative estimate of drug-likeness (QED) is 0.401. The minimum Gasteiger partial charge on any atom is -0.360 e. The van der Waals surface area contributed by atoms with Crippen molar-refractivity contribution in [2.45, 2.75) is 20.0 Å². The summed E-state index contributed by atoms with van der Waals surface area (Å²) in [7, 11) is 0. The van der Waals surface area contributed by atoms with Crippen LogP contribution < -0.4 is 10.9 Å². The number of rotatable bonds is 4. The van der Waals surface area contributed by atoms with Gasteiger partial charge in [0.05, 0.1) is 21.8 Å². The van der Waals surface area contributed by atoms with Gasteiger partial charge < -0.3 is 4.52 Å². The Kier molecular flexibility index (Phi) is 5.99. The van der Waals surface area contributed by atoms with E-state index in [1.807, 2.05) is 12.3 Å². The third-order valence-corrected chi connectivity index (χ3v) is 6.08. The summed E-state index contributed by atoms with van der Waals surface area (Å²) in [6.45, 7) is 3.50. The Hall–Kier alpha value is -3.58. The van der Waals surface area contributed by atoms with E-state index < -0.39 is 23.6 Å². The van der Waals surface area contributed by atoms with Crippen molar-refractivity contribution in [1.29, 1.82) is 0 Å². The van der Waals surface area contributed by atoms with Gasteiger partial charge in [0.25, 0.3) is 11.8 Å². The first-order valence-corrected chi connectivity index (χ1v) is 11.0. The van der Waals surface area contributed by atoms with E-state index in [1.165, 1.54) is 22.7 Å². The molecule has 8 nitrogen and oxygen atoms in total. The number of hydrazine groups is 1. The second kappa shape index (κ2) is 8.75. The highest BCUT2D eigenvalue weighted by Crippen LogP contribution is 2.33. The smallest absolute Gasteiger partial charge is 0.360 e. The molecular weight excluding hydrogens is 479 g/mol. The number of carbonyl (C=O) groups excluding carboxylic acids is 2. The predicted octanol–water partition coefficient (Wildman–Crippen LogP) is 4.63. The topological polar surface area (TPSA) is 110 Å². The van der Waals surface area contributed by atoms with Crippen molar-refractivity contribution < 1.29 is 27.3 Å². The fourth-order valence-corrected chi connectivity index (χ4v) is 4.29. The molecule has 3 aromatic heterocycles. The van der Waals surface area contributed by atoms with Gasteiger partial charge in [-0.25, -0.2) is 9.97 Å². The lowest BCUT2D eigenvalue weighted by atomic mass is 10.1. The minimum atomic E-state index is -4.52. The lowest BCUT2D eigenvalue weighted by molar-refractivity contribution is -0.137. The SMILES string of the molecule is Cc1nc(-c2nc(-c3c(C(=O)NNC(=O)c4ccc(C(F)(F)F)cc4)noc3C)cs2)cs1. The normalized spacial score (nSPS) is 11.4. The van der Waals surface area contributed by atoms with Crippen LogP contribution in [0.5, 0.6) is 0 Å². The lowest BCUT2D eigenvalue weighted by Gasteiger charge is -2.09. The van der Waals surface area contributed by atoms with Crippen molar-refractivity contribution in [3.8, 4) is 22.0 Å². The van der Waals surface area contributed by atoms with Crippen molar-refractivity contribution in [2.24, 2.45) is 0 Å². The number of amides is 2. The van der Waals surface area contributed by atoms with E-state index in [4.69, 9.17) is 4.52 Å². The molecule has 2 N–H and O–H groups in total. The molecule has 1 aromatic carbocycles. The second-order valence-electron chi connectivity index (χ2n) is 6.74. The van der Waals surface area contributed by atoms with Crippen molar-refractivity contribution in [2.75, 3.05) is 0 Å². The Morgan fingerprint density at radius 2 is 1.61 bits per heavy atom. The summed E-state index contributed by atoms with van der Waals surface area (Å²) in [5.41, 5.74) is 4.81. The summed E-state index contributed by atoms with van der Waals surface area (Å²) in [6, 6.07) is 3.57. The Labute approximate surface area is 192 Å². The molecule has 0 atom stereocenters. The van der Waals surface area contributed by atoms with E-state index in [-0.39, 0.29) is 11.3 Å². The van der Waals surface area contributed by atoms with Gasteiger partial charge >= 0.3 is 6.18 Å². The standard InChI is InChI=1S/C20H14F3N5O3S2/c1-9-15(13-7-33-19(25-13)14-8-32-10(2)24-14)16(28-31-9)18(30)27-26-17(29)11-3-5-12(6-4-11)20(21,22)23/h3-8H,1-2H3,(H,26,29)(H,27,30). The molecule has 4 rings (SSSR count). The number of thiazole rings is 2. The first-order chi connectivity index (χ1) is 15.6. The molecule has 13 heteroatoms. The maximum absolute atomic E-state index is 12.7.